The first-order chi connectivity index (χ1) is 13.7. The van der Waals surface area contributed by atoms with Gasteiger partial charge in [-0.3, -0.25) is 4.79 Å². The van der Waals surface area contributed by atoms with Gasteiger partial charge < -0.3 is 5.11 Å². The van der Waals surface area contributed by atoms with Gasteiger partial charge in [0, 0.05) is 6.42 Å². The molecule has 0 amide bonds. The Hall–Kier alpha value is -1.57. The average molecular weight is 387 g/mol. The Bertz CT molecular complexity index is 518. The Morgan fingerprint density at radius 3 is 1.86 bits per heavy atom. The number of benzene rings is 1. The van der Waals surface area contributed by atoms with E-state index in [-0.39, 0.29) is 0 Å². The molecule has 28 heavy (non-hydrogen) atoms. The molecule has 1 unspecified atom stereocenters. The van der Waals surface area contributed by atoms with Gasteiger partial charge in [-0.25, -0.2) is 0 Å². The minimum Gasteiger partial charge on any atom is -0.481 e. The van der Waals surface area contributed by atoms with Crippen molar-refractivity contribution < 1.29 is 9.90 Å². The number of carboxylic acid groups (broad SMARTS) is 1. The highest BCUT2D eigenvalue weighted by atomic mass is 16.4. The van der Waals surface area contributed by atoms with Crippen molar-refractivity contribution in [2.45, 2.75) is 109 Å². The Morgan fingerprint density at radius 1 is 0.857 bits per heavy atom. The second-order valence-electron chi connectivity index (χ2n) is 8.18. The van der Waals surface area contributed by atoms with Crippen molar-refractivity contribution in [2.24, 2.45) is 0 Å². The predicted octanol–water partition coefficient (Wildman–Crippen LogP) is 8.37. The molecule has 0 saturated heterocycles. The summed E-state index contributed by atoms with van der Waals surface area (Å²) in [5.41, 5.74) is 2.68. The standard InChI is InChI=1S/C26H42O2/c1-3-5-6-7-10-13-16-24(25-21-19-23(4-2)20-22-25)17-14-11-8-9-12-15-18-26(27)28/h4,19-22,24H,2-3,5-18H2,1H3,(H,27,28). The number of unbranched alkanes of at least 4 members (excludes halogenated alkanes) is 10. The molecule has 0 fully saturated rings. The van der Waals surface area contributed by atoms with Gasteiger partial charge in [0.2, 0.25) is 0 Å². The van der Waals surface area contributed by atoms with Crippen LogP contribution in [0.1, 0.15) is 120 Å². The molecule has 2 nitrogen and oxygen atoms in total. The number of hydrogen-bond acceptors (Lipinski definition) is 1. The average Bonchev–Trinajstić information content (AvgIpc) is 2.70. The molecule has 0 heterocycles. The van der Waals surface area contributed by atoms with Crippen LogP contribution in [0.3, 0.4) is 0 Å². The fraction of sp³-hybridized carbons (Fsp3) is 0.654. The fourth-order valence-electron chi connectivity index (χ4n) is 3.93. The molecule has 1 rings (SSSR count). The molecule has 0 aliphatic heterocycles. The minimum atomic E-state index is -0.667. The third kappa shape index (κ3) is 12.0. The SMILES string of the molecule is C=Cc1ccc(C(CCCCCCCC)CCCCCCCCC(=O)O)cc1. The van der Waals surface area contributed by atoms with Crippen molar-refractivity contribution in [3.8, 4) is 0 Å². The lowest BCUT2D eigenvalue weighted by Gasteiger charge is -2.18. The lowest BCUT2D eigenvalue weighted by molar-refractivity contribution is -0.137. The summed E-state index contributed by atoms with van der Waals surface area (Å²) in [5, 5.41) is 8.68. The second kappa shape index (κ2) is 16.4. The van der Waals surface area contributed by atoms with Gasteiger partial charge in [-0.15, -0.1) is 0 Å². The second-order valence-corrected chi connectivity index (χ2v) is 8.18. The van der Waals surface area contributed by atoms with Crippen LogP contribution in [0, 0.1) is 0 Å². The molecule has 0 radical (unpaired) electrons. The molecule has 0 aromatic heterocycles. The highest BCUT2D eigenvalue weighted by Gasteiger charge is 2.11. The molecule has 1 aromatic rings. The monoisotopic (exact) mass is 386 g/mol. The maximum absolute atomic E-state index is 10.5. The van der Waals surface area contributed by atoms with Crippen LogP contribution in [0.5, 0.6) is 0 Å². The molecular weight excluding hydrogens is 344 g/mol. The highest BCUT2D eigenvalue weighted by Crippen LogP contribution is 2.29. The number of carbonyl (C=O) groups is 1. The van der Waals surface area contributed by atoms with Crippen LogP contribution in [0.15, 0.2) is 30.8 Å². The minimum absolute atomic E-state index is 0.320. The van der Waals surface area contributed by atoms with Gasteiger partial charge in [0.05, 0.1) is 0 Å². The van der Waals surface area contributed by atoms with Crippen molar-refractivity contribution in [2.75, 3.05) is 0 Å². The molecule has 1 aromatic carbocycles. The topological polar surface area (TPSA) is 37.3 Å². The molecular formula is C26H42O2. The Labute approximate surface area is 173 Å². The first-order valence-corrected chi connectivity index (χ1v) is 11.6. The Kier molecular flexibility index (Phi) is 14.3. The smallest absolute Gasteiger partial charge is 0.303 e. The van der Waals surface area contributed by atoms with Crippen molar-refractivity contribution in [3.63, 3.8) is 0 Å². The van der Waals surface area contributed by atoms with E-state index in [1.807, 2.05) is 6.08 Å². The normalized spacial score (nSPS) is 12.0. The van der Waals surface area contributed by atoms with Crippen molar-refractivity contribution in [1.82, 2.24) is 0 Å². The van der Waals surface area contributed by atoms with Crippen molar-refractivity contribution >= 4 is 12.0 Å². The summed E-state index contributed by atoms with van der Waals surface area (Å²) in [7, 11) is 0. The van der Waals surface area contributed by atoms with Crippen LogP contribution in [0.4, 0.5) is 0 Å². The first-order valence-electron chi connectivity index (χ1n) is 11.6. The molecule has 0 aliphatic carbocycles. The van der Waals surface area contributed by atoms with E-state index in [2.05, 4.69) is 37.8 Å². The molecule has 158 valence electrons. The summed E-state index contributed by atoms with van der Waals surface area (Å²) >= 11 is 0. The quantitative estimate of drug-likeness (QED) is 0.257. The van der Waals surface area contributed by atoms with Gasteiger partial charge >= 0.3 is 5.97 Å². The predicted molar refractivity (Wildman–Crippen MR) is 122 cm³/mol. The summed E-state index contributed by atoms with van der Waals surface area (Å²) in [6, 6.07) is 8.98. The van der Waals surface area contributed by atoms with Gasteiger partial charge in [-0.05, 0) is 36.3 Å². The van der Waals surface area contributed by atoms with Gasteiger partial charge in [0.1, 0.15) is 0 Å². The zero-order valence-electron chi connectivity index (χ0n) is 18.1. The zero-order valence-corrected chi connectivity index (χ0v) is 18.1. The molecule has 1 N–H and O–H groups in total. The van der Waals surface area contributed by atoms with E-state index >= 15 is 0 Å². The lowest BCUT2D eigenvalue weighted by Crippen LogP contribution is -2.00. The molecule has 1 atom stereocenters. The van der Waals surface area contributed by atoms with Gasteiger partial charge in [0.15, 0.2) is 0 Å². The van der Waals surface area contributed by atoms with E-state index in [1.54, 1.807) is 0 Å². The third-order valence-corrected chi connectivity index (χ3v) is 5.74. The number of aliphatic carboxylic acids is 1. The number of carboxylic acids is 1. The lowest BCUT2D eigenvalue weighted by atomic mass is 9.87. The van der Waals surface area contributed by atoms with Crippen LogP contribution in [0.25, 0.3) is 6.08 Å². The molecule has 0 aliphatic rings. The van der Waals surface area contributed by atoms with Crippen LogP contribution >= 0.6 is 0 Å². The van der Waals surface area contributed by atoms with Gasteiger partial charge in [0.25, 0.3) is 0 Å². The van der Waals surface area contributed by atoms with Crippen LogP contribution < -0.4 is 0 Å². The van der Waals surface area contributed by atoms with Crippen LogP contribution in [-0.2, 0) is 4.79 Å². The molecule has 0 bridgehead atoms. The van der Waals surface area contributed by atoms with E-state index < -0.39 is 5.97 Å². The van der Waals surface area contributed by atoms with Gasteiger partial charge in [-0.1, -0.05) is 114 Å². The molecule has 0 saturated carbocycles. The summed E-state index contributed by atoms with van der Waals surface area (Å²) in [5.74, 6) is 0.0112. The summed E-state index contributed by atoms with van der Waals surface area (Å²) in [4.78, 5) is 10.5. The van der Waals surface area contributed by atoms with Gasteiger partial charge in [-0.2, -0.15) is 0 Å². The Morgan fingerprint density at radius 2 is 1.36 bits per heavy atom. The van der Waals surface area contributed by atoms with Crippen LogP contribution in [0.2, 0.25) is 0 Å². The number of rotatable bonds is 18. The van der Waals surface area contributed by atoms with E-state index in [0.29, 0.717) is 12.3 Å². The molecule has 2 heteroatoms. The van der Waals surface area contributed by atoms with E-state index in [0.717, 1.165) is 12.8 Å². The maximum Gasteiger partial charge on any atom is 0.303 e. The number of hydrogen-bond donors (Lipinski definition) is 1. The summed E-state index contributed by atoms with van der Waals surface area (Å²) < 4.78 is 0. The summed E-state index contributed by atoms with van der Waals surface area (Å²) in [6.07, 6.45) is 19.8. The van der Waals surface area contributed by atoms with Crippen molar-refractivity contribution in [3.05, 3.63) is 42.0 Å². The largest absolute Gasteiger partial charge is 0.481 e. The fourth-order valence-corrected chi connectivity index (χ4v) is 3.93. The zero-order chi connectivity index (χ0) is 20.5. The summed E-state index contributed by atoms with van der Waals surface area (Å²) in [6.45, 7) is 6.13. The van der Waals surface area contributed by atoms with E-state index in [4.69, 9.17) is 5.11 Å². The van der Waals surface area contributed by atoms with E-state index in [1.165, 1.54) is 88.2 Å². The van der Waals surface area contributed by atoms with E-state index in [9.17, 15) is 4.79 Å². The Balaban J connectivity index is 2.33. The third-order valence-electron chi connectivity index (χ3n) is 5.74. The highest BCUT2D eigenvalue weighted by molar-refractivity contribution is 5.66. The molecule has 0 spiro atoms. The first kappa shape index (κ1) is 24.5. The van der Waals surface area contributed by atoms with Crippen LogP contribution in [-0.4, -0.2) is 11.1 Å². The van der Waals surface area contributed by atoms with Crippen molar-refractivity contribution in [1.29, 1.82) is 0 Å². The maximum atomic E-state index is 10.5.